The number of non-ortho nitro benzene ring substituents is 1. The lowest BCUT2D eigenvalue weighted by molar-refractivity contribution is -0.384. The van der Waals surface area contributed by atoms with Crippen LogP contribution in [0.25, 0.3) is 0 Å². The van der Waals surface area contributed by atoms with Crippen LogP contribution in [0, 0.1) is 10.1 Å². The summed E-state index contributed by atoms with van der Waals surface area (Å²) in [5.41, 5.74) is 2.16. The summed E-state index contributed by atoms with van der Waals surface area (Å²) in [6.07, 6.45) is 0. The first-order valence-corrected chi connectivity index (χ1v) is 9.92. The average Bonchev–Trinajstić information content (AvgIpc) is 3.23. The van der Waals surface area contributed by atoms with Crippen molar-refractivity contribution in [1.29, 1.82) is 0 Å². The lowest BCUT2D eigenvalue weighted by Gasteiger charge is -2.36. The molecular weight excluding hydrogens is 513 g/mol. The Labute approximate surface area is 198 Å². The van der Waals surface area contributed by atoms with Crippen LogP contribution in [0.4, 0.5) is 5.69 Å². The molecule has 2 aliphatic heterocycles. The summed E-state index contributed by atoms with van der Waals surface area (Å²) in [5, 5.41) is 14.3. The highest BCUT2D eigenvalue weighted by Crippen LogP contribution is 2.32. The van der Waals surface area contributed by atoms with Gasteiger partial charge >= 0.3 is 0 Å². The summed E-state index contributed by atoms with van der Waals surface area (Å²) in [5.74, 6) is 2.43. The molecule has 0 saturated carbocycles. The number of nitro groups is 1. The number of nitro benzene ring substituents is 1. The molecule has 1 fully saturated rings. The first-order valence-electron chi connectivity index (χ1n) is 9.92. The van der Waals surface area contributed by atoms with Gasteiger partial charge < -0.3 is 19.7 Å². The largest absolute Gasteiger partial charge is 0.454 e. The Balaban J connectivity index is 0.00000272. The van der Waals surface area contributed by atoms with Gasteiger partial charge in [0.15, 0.2) is 17.5 Å². The minimum absolute atomic E-state index is 0. The SMILES string of the molecule is CN=C(NCc1cccc([N+](=O)[O-])c1)N1CCN(Cc2ccc3c(c2)OCO3)CC1.I. The molecule has 0 bridgehead atoms. The first kappa shape index (κ1) is 23.1. The summed E-state index contributed by atoms with van der Waals surface area (Å²) < 4.78 is 10.8. The molecule has 1 N–H and O–H groups in total. The minimum Gasteiger partial charge on any atom is -0.454 e. The average molecular weight is 539 g/mol. The van der Waals surface area contributed by atoms with Crippen molar-refractivity contribution in [2.45, 2.75) is 13.1 Å². The van der Waals surface area contributed by atoms with Crippen molar-refractivity contribution < 1.29 is 14.4 Å². The normalized spacial score (nSPS) is 16.0. The Morgan fingerprint density at radius 1 is 1.10 bits per heavy atom. The molecule has 0 unspecified atom stereocenters. The number of ether oxygens (including phenoxy) is 2. The second kappa shape index (κ2) is 10.6. The van der Waals surface area contributed by atoms with E-state index in [-0.39, 0.29) is 34.6 Å². The Kier molecular flexibility index (Phi) is 7.91. The fraction of sp³-hybridized carbons (Fsp3) is 0.381. The van der Waals surface area contributed by atoms with E-state index in [1.54, 1.807) is 19.2 Å². The molecule has 2 aliphatic rings. The molecule has 9 nitrogen and oxygen atoms in total. The maximum atomic E-state index is 10.9. The molecule has 0 atom stereocenters. The second-order valence-electron chi connectivity index (χ2n) is 7.28. The van der Waals surface area contributed by atoms with Gasteiger partial charge in [-0.1, -0.05) is 18.2 Å². The van der Waals surface area contributed by atoms with Gasteiger partial charge in [-0.3, -0.25) is 20.0 Å². The monoisotopic (exact) mass is 539 g/mol. The van der Waals surface area contributed by atoms with Crippen LogP contribution < -0.4 is 14.8 Å². The van der Waals surface area contributed by atoms with Crippen LogP contribution in [0.2, 0.25) is 0 Å². The highest BCUT2D eigenvalue weighted by molar-refractivity contribution is 14.0. The number of hydrogen-bond donors (Lipinski definition) is 1. The first-order chi connectivity index (χ1) is 14.6. The minimum atomic E-state index is -0.377. The van der Waals surface area contributed by atoms with Crippen molar-refractivity contribution in [3.8, 4) is 11.5 Å². The molecule has 10 heteroatoms. The number of hydrogen-bond acceptors (Lipinski definition) is 6. The predicted octanol–water partition coefficient (Wildman–Crippen LogP) is 2.83. The summed E-state index contributed by atoms with van der Waals surface area (Å²) in [7, 11) is 1.76. The summed E-state index contributed by atoms with van der Waals surface area (Å²) in [4.78, 5) is 19.6. The van der Waals surface area contributed by atoms with E-state index in [1.165, 1.54) is 11.6 Å². The lowest BCUT2D eigenvalue weighted by atomic mass is 10.1. The van der Waals surface area contributed by atoms with E-state index in [0.29, 0.717) is 13.3 Å². The van der Waals surface area contributed by atoms with E-state index < -0.39 is 0 Å². The third-order valence-electron chi connectivity index (χ3n) is 5.30. The van der Waals surface area contributed by atoms with Crippen molar-refractivity contribution >= 4 is 35.6 Å². The van der Waals surface area contributed by atoms with Crippen LogP contribution >= 0.6 is 24.0 Å². The third kappa shape index (κ3) is 5.76. The zero-order valence-corrected chi connectivity index (χ0v) is 19.7. The Bertz CT molecular complexity index is 947. The number of fused-ring (bicyclic) bond motifs is 1. The van der Waals surface area contributed by atoms with Crippen molar-refractivity contribution in [2.24, 2.45) is 4.99 Å². The van der Waals surface area contributed by atoms with Crippen molar-refractivity contribution in [3.63, 3.8) is 0 Å². The number of guanidine groups is 1. The van der Waals surface area contributed by atoms with E-state index in [0.717, 1.165) is 55.7 Å². The summed E-state index contributed by atoms with van der Waals surface area (Å²) >= 11 is 0. The van der Waals surface area contributed by atoms with E-state index in [2.05, 4.69) is 26.2 Å². The van der Waals surface area contributed by atoms with Gasteiger partial charge in [0.05, 0.1) is 4.92 Å². The number of nitrogens with one attached hydrogen (secondary N) is 1. The number of rotatable bonds is 5. The van der Waals surface area contributed by atoms with Crippen LogP contribution in [0.5, 0.6) is 11.5 Å². The molecule has 2 aromatic rings. The molecule has 1 saturated heterocycles. The molecule has 0 aliphatic carbocycles. The molecule has 4 rings (SSSR count). The van der Waals surface area contributed by atoms with E-state index in [1.807, 2.05) is 18.2 Å². The van der Waals surface area contributed by atoms with Crippen molar-refractivity contribution in [1.82, 2.24) is 15.1 Å². The van der Waals surface area contributed by atoms with Gasteiger partial charge in [-0.05, 0) is 23.3 Å². The summed E-state index contributed by atoms with van der Waals surface area (Å²) in [6.45, 7) is 5.21. The maximum Gasteiger partial charge on any atom is 0.269 e. The maximum absolute atomic E-state index is 10.9. The van der Waals surface area contributed by atoms with E-state index in [4.69, 9.17) is 9.47 Å². The summed E-state index contributed by atoms with van der Waals surface area (Å²) in [6, 6.07) is 12.8. The molecule has 31 heavy (non-hydrogen) atoms. The highest BCUT2D eigenvalue weighted by Gasteiger charge is 2.21. The Morgan fingerprint density at radius 2 is 1.87 bits per heavy atom. The van der Waals surface area contributed by atoms with Gasteiger partial charge in [0.2, 0.25) is 6.79 Å². The molecule has 0 amide bonds. The van der Waals surface area contributed by atoms with Crippen molar-refractivity contribution in [3.05, 3.63) is 63.7 Å². The molecule has 166 valence electrons. The van der Waals surface area contributed by atoms with Gasteiger partial charge in [0.25, 0.3) is 5.69 Å². The lowest BCUT2D eigenvalue weighted by Crippen LogP contribution is -2.52. The number of halogens is 1. The molecule has 2 heterocycles. The van der Waals surface area contributed by atoms with E-state index in [9.17, 15) is 10.1 Å². The van der Waals surface area contributed by atoms with Crippen LogP contribution in [0.15, 0.2) is 47.5 Å². The number of benzene rings is 2. The van der Waals surface area contributed by atoms with Gasteiger partial charge in [-0.2, -0.15) is 0 Å². The van der Waals surface area contributed by atoms with Gasteiger partial charge in [0.1, 0.15) is 0 Å². The van der Waals surface area contributed by atoms with Crippen LogP contribution in [0.3, 0.4) is 0 Å². The smallest absolute Gasteiger partial charge is 0.269 e. The molecular formula is C21H26IN5O4. The van der Waals surface area contributed by atoms with Gasteiger partial charge in [-0.15, -0.1) is 24.0 Å². The zero-order valence-electron chi connectivity index (χ0n) is 17.3. The fourth-order valence-electron chi connectivity index (χ4n) is 3.71. The second-order valence-corrected chi connectivity index (χ2v) is 7.28. The van der Waals surface area contributed by atoms with Gasteiger partial charge in [0, 0.05) is 58.4 Å². The Hall–Kier alpha value is -2.60. The van der Waals surface area contributed by atoms with Gasteiger partial charge in [-0.25, -0.2) is 0 Å². The molecule has 2 aromatic carbocycles. The van der Waals surface area contributed by atoms with Crippen LogP contribution in [-0.4, -0.2) is 60.7 Å². The molecule has 0 aromatic heterocycles. The molecule has 0 radical (unpaired) electrons. The Morgan fingerprint density at radius 3 is 2.61 bits per heavy atom. The molecule has 0 spiro atoms. The highest BCUT2D eigenvalue weighted by atomic mass is 127. The number of aliphatic imine (C=N–C) groups is 1. The predicted molar refractivity (Wildman–Crippen MR) is 128 cm³/mol. The van der Waals surface area contributed by atoms with E-state index >= 15 is 0 Å². The standard InChI is InChI=1S/C21H25N5O4.HI/c1-22-21(23-13-16-3-2-4-18(11-16)26(27)28)25-9-7-24(8-10-25)14-17-5-6-19-20(12-17)30-15-29-19;/h2-6,11-12H,7-10,13-15H2,1H3,(H,22,23);1H. The third-order valence-corrected chi connectivity index (χ3v) is 5.30. The van der Waals surface area contributed by atoms with Crippen LogP contribution in [0.1, 0.15) is 11.1 Å². The number of nitrogens with zero attached hydrogens (tertiary/aromatic N) is 4. The quantitative estimate of drug-likeness (QED) is 0.206. The topological polar surface area (TPSA) is 92.5 Å². The number of piperazine rings is 1. The zero-order chi connectivity index (χ0) is 20.9. The fourth-order valence-corrected chi connectivity index (χ4v) is 3.71. The van der Waals surface area contributed by atoms with Crippen molar-refractivity contribution in [2.75, 3.05) is 40.0 Å². The van der Waals surface area contributed by atoms with Crippen LogP contribution in [-0.2, 0) is 13.1 Å².